The number of carbonyl (C=O) groups excluding carboxylic acids is 1. The number of carboxylic acid groups (broad SMARTS) is 1. The van der Waals surface area contributed by atoms with Crippen LogP contribution in [0.2, 0.25) is 5.02 Å². The Balaban J connectivity index is 1.67. The van der Waals surface area contributed by atoms with E-state index in [2.05, 4.69) is 10.4 Å². The van der Waals surface area contributed by atoms with Crippen LogP contribution in [-0.4, -0.2) is 33.3 Å². The summed E-state index contributed by atoms with van der Waals surface area (Å²) in [5.74, 6) is -0.555. The molecule has 0 saturated heterocycles. The molecule has 144 valence electrons. The Labute approximate surface area is 163 Å². The quantitative estimate of drug-likeness (QED) is 0.633. The minimum absolute atomic E-state index is 0.125. The lowest BCUT2D eigenvalue weighted by Gasteiger charge is -2.10. The highest BCUT2D eigenvalue weighted by atomic mass is 35.5. The van der Waals surface area contributed by atoms with Crippen LogP contribution < -0.4 is 5.32 Å². The molecule has 0 atom stereocenters. The number of aromatic nitrogens is 2. The number of hydrogen-bond acceptors (Lipinski definition) is 3. The van der Waals surface area contributed by atoms with Gasteiger partial charge >= 0.3 is 5.97 Å². The number of carbonyl (C=O) groups is 2. The molecule has 1 fully saturated rings. The van der Waals surface area contributed by atoms with Gasteiger partial charge in [-0.25, -0.2) is 4.68 Å². The highest BCUT2D eigenvalue weighted by molar-refractivity contribution is 6.31. The summed E-state index contributed by atoms with van der Waals surface area (Å²) in [6, 6.07) is 5.79. The number of unbranched alkanes of at least 4 members (excludes halogenated alkanes) is 2. The maximum atomic E-state index is 12.6. The number of aryl methyl sites for hydroxylation is 1. The van der Waals surface area contributed by atoms with Crippen molar-refractivity contribution < 1.29 is 14.7 Å². The van der Waals surface area contributed by atoms with Gasteiger partial charge in [0.1, 0.15) is 0 Å². The maximum Gasteiger partial charge on any atom is 0.303 e. The first kappa shape index (κ1) is 19.4. The maximum absolute atomic E-state index is 12.6. The molecule has 1 saturated carbocycles. The molecule has 27 heavy (non-hydrogen) atoms. The fourth-order valence-corrected chi connectivity index (χ4v) is 3.25. The number of nitrogens with zero attached hydrogens (tertiary/aromatic N) is 2. The molecule has 3 rings (SSSR count). The van der Waals surface area contributed by atoms with E-state index in [-0.39, 0.29) is 12.3 Å². The van der Waals surface area contributed by atoms with E-state index >= 15 is 0 Å². The number of amides is 1. The summed E-state index contributed by atoms with van der Waals surface area (Å²) >= 11 is 6.25. The monoisotopic (exact) mass is 389 g/mol. The summed E-state index contributed by atoms with van der Waals surface area (Å²) < 4.78 is 1.82. The number of halogens is 1. The molecule has 0 radical (unpaired) electrons. The van der Waals surface area contributed by atoms with Gasteiger partial charge in [-0.1, -0.05) is 24.1 Å². The molecule has 2 aromatic rings. The molecule has 1 amide bonds. The molecule has 1 aliphatic carbocycles. The lowest BCUT2D eigenvalue weighted by molar-refractivity contribution is -0.137. The number of hydrogen-bond donors (Lipinski definition) is 2. The molecule has 1 heterocycles. The third-order valence-electron chi connectivity index (χ3n) is 4.77. The molecular formula is C20H24ClN3O3. The van der Waals surface area contributed by atoms with Crippen LogP contribution in [0.5, 0.6) is 0 Å². The Morgan fingerprint density at radius 2 is 2.07 bits per heavy atom. The molecule has 6 nitrogen and oxygen atoms in total. The largest absolute Gasteiger partial charge is 0.481 e. The van der Waals surface area contributed by atoms with Crippen molar-refractivity contribution in [3.8, 4) is 5.69 Å². The molecule has 0 bridgehead atoms. The second-order valence-corrected chi connectivity index (χ2v) is 7.43. The summed E-state index contributed by atoms with van der Waals surface area (Å²) in [5.41, 5.74) is 3.42. The average molecular weight is 390 g/mol. The van der Waals surface area contributed by atoms with Crippen molar-refractivity contribution in [3.63, 3.8) is 0 Å². The van der Waals surface area contributed by atoms with Crippen molar-refractivity contribution in [2.24, 2.45) is 0 Å². The Morgan fingerprint density at radius 1 is 1.30 bits per heavy atom. The topological polar surface area (TPSA) is 84.2 Å². The molecule has 7 heteroatoms. The van der Waals surface area contributed by atoms with E-state index in [9.17, 15) is 9.59 Å². The molecule has 1 aromatic carbocycles. The average Bonchev–Trinajstić information content (AvgIpc) is 3.38. The third-order valence-corrected chi connectivity index (χ3v) is 5.18. The highest BCUT2D eigenvalue weighted by Crippen LogP contribution is 2.42. The van der Waals surface area contributed by atoms with E-state index in [1.165, 1.54) is 0 Å². The minimum atomic E-state index is -0.781. The zero-order chi connectivity index (χ0) is 19.4. The lowest BCUT2D eigenvalue weighted by Crippen LogP contribution is -2.25. The van der Waals surface area contributed by atoms with Crippen LogP contribution in [0.25, 0.3) is 5.69 Å². The normalized spacial score (nSPS) is 13.6. The standard InChI is InChI=1S/C20H24ClN3O3/c1-13-6-9-15(11-17(13)21)24-19(14-7-8-14)16(12-23-24)20(27)22-10-4-2-3-5-18(25)26/h6,9,11-12,14H,2-5,7-8,10H2,1H3,(H,22,27)(H,25,26). The van der Waals surface area contributed by atoms with Crippen LogP contribution in [-0.2, 0) is 4.79 Å². The summed E-state index contributed by atoms with van der Waals surface area (Å²) in [6.07, 6.45) is 6.08. The second-order valence-electron chi connectivity index (χ2n) is 7.02. The zero-order valence-electron chi connectivity index (χ0n) is 15.4. The Hall–Kier alpha value is -2.34. The van der Waals surface area contributed by atoms with Crippen LogP contribution in [0, 0.1) is 6.92 Å². The Morgan fingerprint density at radius 3 is 2.74 bits per heavy atom. The van der Waals surface area contributed by atoms with Gasteiger partial charge in [0.2, 0.25) is 0 Å². The summed E-state index contributed by atoms with van der Waals surface area (Å²) in [6.45, 7) is 2.48. The van der Waals surface area contributed by atoms with Crippen LogP contribution >= 0.6 is 11.6 Å². The molecule has 0 spiro atoms. The van der Waals surface area contributed by atoms with Gasteiger partial charge in [-0.3, -0.25) is 9.59 Å². The smallest absolute Gasteiger partial charge is 0.303 e. The number of nitrogens with one attached hydrogen (secondary N) is 1. The van der Waals surface area contributed by atoms with Crippen LogP contribution in [0.15, 0.2) is 24.4 Å². The van der Waals surface area contributed by atoms with Crippen molar-refractivity contribution in [2.45, 2.75) is 51.4 Å². The summed E-state index contributed by atoms with van der Waals surface area (Å²) in [7, 11) is 0. The highest BCUT2D eigenvalue weighted by Gasteiger charge is 2.32. The number of aliphatic carboxylic acids is 1. The van der Waals surface area contributed by atoms with Crippen LogP contribution in [0.4, 0.5) is 0 Å². The third kappa shape index (κ3) is 4.89. The van der Waals surface area contributed by atoms with E-state index in [0.29, 0.717) is 29.5 Å². The predicted molar refractivity (Wildman–Crippen MR) is 104 cm³/mol. The van der Waals surface area contributed by atoms with E-state index in [0.717, 1.165) is 42.6 Å². The van der Waals surface area contributed by atoms with E-state index in [4.69, 9.17) is 16.7 Å². The van der Waals surface area contributed by atoms with Crippen molar-refractivity contribution in [3.05, 3.63) is 46.2 Å². The van der Waals surface area contributed by atoms with Gasteiger partial charge in [0, 0.05) is 23.9 Å². The fourth-order valence-electron chi connectivity index (χ4n) is 3.08. The van der Waals surface area contributed by atoms with Gasteiger partial charge in [0.05, 0.1) is 23.1 Å². The molecule has 1 aromatic heterocycles. The zero-order valence-corrected chi connectivity index (χ0v) is 16.1. The molecule has 1 aliphatic rings. The van der Waals surface area contributed by atoms with Gasteiger partial charge < -0.3 is 10.4 Å². The van der Waals surface area contributed by atoms with Gasteiger partial charge in [0.25, 0.3) is 5.91 Å². The first-order valence-electron chi connectivity index (χ1n) is 9.32. The van der Waals surface area contributed by atoms with Crippen molar-refractivity contribution in [1.29, 1.82) is 0 Å². The Bertz CT molecular complexity index is 843. The van der Waals surface area contributed by atoms with E-state index in [1.54, 1.807) is 6.20 Å². The molecular weight excluding hydrogens is 366 g/mol. The lowest BCUT2D eigenvalue weighted by atomic mass is 10.1. The SMILES string of the molecule is Cc1ccc(-n2ncc(C(=O)NCCCCCC(=O)O)c2C2CC2)cc1Cl. The van der Waals surface area contributed by atoms with Gasteiger partial charge in [-0.05, 0) is 50.3 Å². The Kier molecular flexibility index (Phi) is 6.16. The molecule has 2 N–H and O–H groups in total. The number of benzene rings is 1. The van der Waals surface area contributed by atoms with Crippen molar-refractivity contribution in [2.75, 3.05) is 6.54 Å². The fraction of sp³-hybridized carbons (Fsp3) is 0.450. The van der Waals surface area contributed by atoms with Crippen LogP contribution in [0.1, 0.15) is 66.1 Å². The molecule has 0 unspecified atom stereocenters. The van der Waals surface area contributed by atoms with E-state index in [1.807, 2.05) is 29.8 Å². The van der Waals surface area contributed by atoms with Gasteiger partial charge in [-0.15, -0.1) is 0 Å². The summed E-state index contributed by atoms with van der Waals surface area (Å²) in [5, 5.41) is 16.7. The van der Waals surface area contributed by atoms with Crippen LogP contribution in [0.3, 0.4) is 0 Å². The van der Waals surface area contributed by atoms with Gasteiger partial charge in [0.15, 0.2) is 0 Å². The summed E-state index contributed by atoms with van der Waals surface area (Å²) in [4.78, 5) is 23.1. The van der Waals surface area contributed by atoms with Gasteiger partial charge in [-0.2, -0.15) is 5.10 Å². The number of rotatable bonds is 9. The van der Waals surface area contributed by atoms with Crippen molar-refractivity contribution >= 4 is 23.5 Å². The van der Waals surface area contributed by atoms with Crippen molar-refractivity contribution in [1.82, 2.24) is 15.1 Å². The first-order chi connectivity index (χ1) is 13.0. The molecule has 0 aliphatic heterocycles. The predicted octanol–water partition coefficient (Wildman–Crippen LogP) is 4.09. The van der Waals surface area contributed by atoms with E-state index < -0.39 is 5.97 Å². The first-order valence-corrected chi connectivity index (χ1v) is 9.69. The number of carboxylic acids is 1. The second kappa shape index (κ2) is 8.57. The minimum Gasteiger partial charge on any atom is -0.481 e.